The van der Waals surface area contributed by atoms with Crippen molar-refractivity contribution in [2.75, 3.05) is 6.54 Å². The number of nitrogens with zero attached hydrogens (tertiary/aromatic N) is 4. The third kappa shape index (κ3) is 3.99. The molecule has 22 heavy (non-hydrogen) atoms. The zero-order valence-electron chi connectivity index (χ0n) is 12.4. The SMILES string of the molecule is CC(=O)N1CCC(N=[N+]=[N-])CC1C(=O)OCc1ccccc1. The van der Waals surface area contributed by atoms with Crippen LogP contribution in [0.1, 0.15) is 25.3 Å². The molecule has 1 amide bonds. The average Bonchev–Trinajstić information content (AvgIpc) is 2.53. The maximum atomic E-state index is 12.3. The highest BCUT2D eigenvalue weighted by atomic mass is 16.5. The van der Waals surface area contributed by atoms with Crippen molar-refractivity contribution < 1.29 is 14.3 Å². The molecule has 0 bridgehead atoms. The first kappa shape index (κ1) is 15.9. The molecule has 7 heteroatoms. The van der Waals surface area contributed by atoms with E-state index in [1.54, 1.807) is 0 Å². The lowest BCUT2D eigenvalue weighted by Gasteiger charge is -2.35. The van der Waals surface area contributed by atoms with Crippen molar-refractivity contribution in [1.29, 1.82) is 0 Å². The van der Waals surface area contributed by atoms with E-state index >= 15 is 0 Å². The molecule has 0 radical (unpaired) electrons. The van der Waals surface area contributed by atoms with Crippen molar-refractivity contribution in [3.05, 3.63) is 46.3 Å². The smallest absolute Gasteiger partial charge is 0.329 e. The summed E-state index contributed by atoms with van der Waals surface area (Å²) in [4.78, 5) is 28.2. The van der Waals surface area contributed by atoms with E-state index in [1.165, 1.54) is 11.8 Å². The number of esters is 1. The minimum Gasteiger partial charge on any atom is -0.459 e. The van der Waals surface area contributed by atoms with E-state index in [1.807, 2.05) is 30.3 Å². The van der Waals surface area contributed by atoms with E-state index < -0.39 is 12.0 Å². The molecule has 0 N–H and O–H groups in total. The predicted molar refractivity (Wildman–Crippen MR) is 79.6 cm³/mol. The summed E-state index contributed by atoms with van der Waals surface area (Å²) in [7, 11) is 0. The van der Waals surface area contributed by atoms with E-state index in [2.05, 4.69) is 10.0 Å². The first-order valence-electron chi connectivity index (χ1n) is 7.13. The fraction of sp³-hybridized carbons (Fsp3) is 0.467. The van der Waals surface area contributed by atoms with Crippen LogP contribution in [0, 0.1) is 0 Å². The van der Waals surface area contributed by atoms with E-state index in [9.17, 15) is 9.59 Å². The van der Waals surface area contributed by atoms with Crippen molar-refractivity contribution in [2.24, 2.45) is 5.11 Å². The highest BCUT2D eigenvalue weighted by molar-refractivity contribution is 5.83. The van der Waals surface area contributed by atoms with Crippen molar-refractivity contribution in [1.82, 2.24) is 4.90 Å². The number of hydrogen-bond donors (Lipinski definition) is 0. The minimum atomic E-state index is -0.689. The first-order chi connectivity index (χ1) is 10.6. The summed E-state index contributed by atoms with van der Waals surface area (Å²) in [6.45, 7) is 1.98. The number of piperidine rings is 1. The molecule has 1 heterocycles. The van der Waals surface area contributed by atoms with E-state index in [4.69, 9.17) is 10.3 Å². The molecule has 0 spiro atoms. The Morgan fingerprint density at radius 3 is 2.77 bits per heavy atom. The zero-order chi connectivity index (χ0) is 15.9. The van der Waals surface area contributed by atoms with Crippen LogP contribution in [0.2, 0.25) is 0 Å². The van der Waals surface area contributed by atoms with Crippen LogP contribution in [0.3, 0.4) is 0 Å². The molecule has 0 aliphatic carbocycles. The summed E-state index contributed by atoms with van der Waals surface area (Å²) in [5.74, 6) is -0.641. The molecule has 0 saturated carbocycles. The summed E-state index contributed by atoms with van der Waals surface area (Å²) in [6.07, 6.45) is 0.864. The Morgan fingerprint density at radius 1 is 1.41 bits per heavy atom. The quantitative estimate of drug-likeness (QED) is 0.370. The Morgan fingerprint density at radius 2 is 2.14 bits per heavy atom. The van der Waals surface area contributed by atoms with Gasteiger partial charge in [-0.25, -0.2) is 4.79 Å². The fourth-order valence-electron chi connectivity index (χ4n) is 2.55. The topological polar surface area (TPSA) is 95.4 Å². The standard InChI is InChI=1S/C15H18N4O3/c1-11(20)19-8-7-13(17-18-16)9-14(19)15(21)22-10-12-5-3-2-4-6-12/h2-6,13-14H,7-10H2,1H3. The Balaban J connectivity index is 2.02. The highest BCUT2D eigenvalue weighted by Crippen LogP contribution is 2.22. The largest absolute Gasteiger partial charge is 0.459 e. The second-order valence-electron chi connectivity index (χ2n) is 5.20. The number of likely N-dealkylation sites (tertiary alicyclic amines) is 1. The van der Waals surface area contributed by atoms with Crippen LogP contribution in [0.4, 0.5) is 0 Å². The summed E-state index contributed by atoms with van der Waals surface area (Å²) in [5, 5.41) is 3.66. The minimum absolute atomic E-state index is 0.161. The molecule has 2 unspecified atom stereocenters. The monoisotopic (exact) mass is 302 g/mol. The molecule has 2 rings (SSSR count). The third-order valence-electron chi connectivity index (χ3n) is 3.69. The summed E-state index contributed by atoms with van der Waals surface area (Å²) in [6, 6.07) is 8.36. The van der Waals surface area contributed by atoms with Crippen molar-refractivity contribution >= 4 is 11.9 Å². The van der Waals surface area contributed by atoms with Gasteiger partial charge in [0, 0.05) is 24.4 Å². The van der Waals surface area contributed by atoms with Gasteiger partial charge in [-0.05, 0) is 23.9 Å². The van der Waals surface area contributed by atoms with Gasteiger partial charge in [0.15, 0.2) is 0 Å². The number of carbonyl (C=O) groups is 2. The van der Waals surface area contributed by atoms with Crippen molar-refractivity contribution in [3.63, 3.8) is 0 Å². The van der Waals surface area contributed by atoms with Crippen LogP contribution in [-0.4, -0.2) is 35.4 Å². The maximum Gasteiger partial charge on any atom is 0.329 e. The molecule has 1 fully saturated rings. The first-order valence-corrected chi connectivity index (χ1v) is 7.13. The molecule has 0 aromatic heterocycles. The molecule has 1 saturated heterocycles. The number of carbonyl (C=O) groups excluding carboxylic acids is 2. The van der Waals surface area contributed by atoms with Crippen LogP contribution in [0.15, 0.2) is 35.4 Å². The van der Waals surface area contributed by atoms with Crippen LogP contribution in [0.5, 0.6) is 0 Å². The van der Waals surface area contributed by atoms with Gasteiger partial charge in [-0.2, -0.15) is 0 Å². The number of amides is 1. The van der Waals surface area contributed by atoms with Crippen LogP contribution < -0.4 is 0 Å². The Hall–Kier alpha value is -2.53. The van der Waals surface area contributed by atoms with Crippen molar-refractivity contribution in [3.8, 4) is 0 Å². The van der Waals surface area contributed by atoms with Gasteiger partial charge >= 0.3 is 5.97 Å². The summed E-state index contributed by atoms with van der Waals surface area (Å²) < 4.78 is 5.31. The average molecular weight is 302 g/mol. The van der Waals surface area contributed by atoms with Gasteiger partial charge in [0.2, 0.25) is 5.91 Å². The van der Waals surface area contributed by atoms with Gasteiger partial charge < -0.3 is 9.64 Å². The number of benzene rings is 1. The lowest BCUT2D eigenvalue weighted by molar-refractivity contribution is -0.157. The zero-order valence-corrected chi connectivity index (χ0v) is 12.4. The third-order valence-corrected chi connectivity index (χ3v) is 3.69. The molecule has 2 atom stereocenters. The van der Waals surface area contributed by atoms with Crippen LogP contribution in [-0.2, 0) is 20.9 Å². The molecule has 116 valence electrons. The van der Waals surface area contributed by atoms with Crippen LogP contribution in [0.25, 0.3) is 10.4 Å². The van der Waals surface area contributed by atoms with E-state index in [-0.39, 0.29) is 18.6 Å². The summed E-state index contributed by atoms with van der Waals surface area (Å²) in [5.41, 5.74) is 9.41. The lowest BCUT2D eigenvalue weighted by Crippen LogP contribution is -2.50. The Kier molecular flexibility index (Phi) is 5.38. The molecule has 1 aliphatic rings. The van der Waals surface area contributed by atoms with Gasteiger partial charge in [-0.1, -0.05) is 35.4 Å². The van der Waals surface area contributed by atoms with Gasteiger partial charge in [0.1, 0.15) is 12.6 Å². The number of rotatable bonds is 4. The normalized spacial score (nSPS) is 20.9. The highest BCUT2D eigenvalue weighted by Gasteiger charge is 2.35. The van der Waals surface area contributed by atoms with Crippen molar-refractivity contribution in [2.45, 2.75) is 38.5 Å². The van der Waals surface area contributed by atoms with Gasteiger partial charge in [-0.3, -0.25) is 4.79 Å². The fourth-order valence-corrected chi connectivity index (χ4v) is 2.55. The number of azide groups is 1. The maximum absolute atomic E-state index is 12.3. The Labute approximate surface area is 128 Å². The second kappa shape index (κ2) is 7.47. The molecule has 7 nitrogen and oxygen atoms in total. The molecule has 1 aromatic rings. The lowest BCUT2D eigenvalue weighted by atomic mass is 9.97. The van der Waals surface area contributed by atoms with E-state index in [0.717, 1.165) is 5.56 Å². The summed E-state index contributed by atoms with van der Waals surface area (Å²) >= 11 is 0. The molecule has 1 aromatic carbocycles. The Bertz CT molecular complexity index is 584. The van der Waals surface area contributed by atoms with Gasteiger partial charge in [0.05, 0.1) is 0 Å². The van der Waals surface area contributed by atoms with Crippen LogP contribution >= 0.6 is 0 Å². The van der Waals surface area contributed by atoms with Gasteiger partial charge in [0.25, 0.3) is 0 Å². The second-order valence-corrected chi connectivity index (χ2v) is 5.20. The van der Waals surface area contributed by atoms with E-state index in [0.29, 0.717) is 19.4 Å². The number of hydrogen-bond acceptors (Lipinski definition) is 4. The predicted octanol–water partition coefficient (Wildman–Crippen LogP) is 2.42. The molecular weight excluding hydrogens is 284 g/mol. The van der Waals surface area contributed by atoms with Gasteiger partial charge in [-0.15, -0.1) is 0 Å². The molecule has 1 aliphatic heterocycles. The number of ether oxygens (including phenoxy) is 1. The molecular formula is C15H18N4O3.